The van der Waals surface area contributed by atoms with Crippen LogP contribution in [0.4, 0.5) is 4.39 Å². The Hall–Kier alpha value is -0.960. The molecule has 0 atom stereocenters. The van der Waals surface area contributed by atoms with Crippen LogP contribution in [0.25, 0.3) is 0 Å². The molecule has 0 amide bonds. The van der Waals surface area contributed by atoms with E-state index in [0.717, 1.165) is 5.56 Å². The Kier molecular flexibility index (Phi) is 3.37. The summed E-state index contributed by atoms with van der Waals surface area (Å²) in [6.45, 7) is 3.37. The Labute approximate surface area is 84.4 Å². The Balaban J connectivity index is 2.89. The Bertz CT molecular complexity index is 347. The van der Waals surface area contributed by atoms with E-state index in [9.17, 15) is 9.18 Å². The summed E-state index contributed by atoms with van der Waals surface area (Å²) < 4.78 is 13.2. The molecule has 1 nitrogen and oxygen atoms in total. The van der Waals surface area contributed by atoms with Gasteiger partial charge in [-0.1, -0.05) is 28.6 Å². The second-order valence-corrected chi connectivity index (χ2v) is 3.44. The molecule has 68 valence electrons. The molecule has 0 unspecified atom stereocenters. The zero-order valence-corrected chi connectivity index (χ0v) is 8.47. The van der Waals surface area contributed by atoms with Gasteiger partial charge in [0.25, 0.3) is 0 Å². The van der Waals surface area contributed by atoms with E-state index in [1.54, 1.807) is 6.07 Å². The fourth-order valence-corrected chi connectivity index (χ4v) is 1.42. The molecule has 0 saturated heterocycles. The van der Waals surface area contributed by atoms with Gasteiger partial charge in [-0.25, -0.2) is 4.39 Å². The van der Waals surface area contributed by atoms with Crippen LogP contribution in [-0.2, 0) is 11.2 Å². The second-order valence-electron chi connectivity index (χ2n) is 2.58. The van der Waals surface area contributed by atoms with Crippen LogP contribution >= 0.6 is 15.9 Å². The number of hydrogen-bond acceptors (Lipinski definition) is 1. The average Bonchev–Trinajstić information content (AvgIpc) is 2.09. The third kappa shape index (κ3) is 2.77. The highest BCUT2D eigenvalue weighted by atomic mass is 79.9. The molecule has 13 heavy (non-hydrogen) atoms. The number of hydrogen-bond donors (Lipinski definition) is 0. The highest BCUT2D eigenvalue weighted by molar-refractivity contribution is 9.10. The molecule has 1 rings (SSSR count). The second kappa shape index (κ2) is 4.33. The van der Waals surface area contributed by atoms with Crippen molar-refractivity contribution in [2.24, 2.45) is 0 Å². The molecule has 1 aromatic carbocycles. The predicted octanol–water partition coefficient (Wildman–Crippen LogP) is 2.89. The van der Waals surface area contributed by atoms with Crippen LogP contribution in [0.1, 0.15) is 5.56 Å². The molecule has 0 aliphatic carbocycles. The average molecular weight is 243 g/mol. The minimum absolute atomic E-state index is 0.0766. The fraction of sp³-hybridized carbons (Fsp3) is 0.100. The summed E-state index contributed by atoms with van der Waals surface area (Å²) in [7, 11) is 0. The predicted molar refractivity (Wildman–Crippen MR) is 53.0 cm³/mol. The van der Waals surface area contributed by atoms with Gasteiger partial charge in [-0.15, -0.1) is 0 Å². The van der Waals surface area contributed by atoms with Gasteiger partial charge in [-0.3, -0.25) is 4.79 Å². The highest BCUT2D eigenvalue weighted by Crippen LogP contribution is 2.18. The molecule has 0 fully saturated rings. The molecule has 0 heterocycles. The van der Waals surface area contributed by atoms with E-state index >= 15 is 0 Å². The first-order chi connectivity index (χ1) is 6.13. The monoisotopic (exact) mass is 242 g/mol. The molecule has 1 aromatic rings. The van der Waals surface area contributed by atoms with Crippen LogP contribution < -0.4 is 0 Å². The van der Waals surface area contributed by atoms with Gasteiger partial charge in [0.2, 0.25) is 0 Å². The number of rotatable bonds is 3. The SMILES string of the molecule is C=CC(=O)Cc1ccc(F)cc1Br. The van der Waals surface area contributed by atoms with Gasteiger partial charge in [0, 0.05) is 10.9 Å². The van der Waals surface area contributed by atoms with Crippen LogP contribution in [-0.4, -0.2) is 5.78 Å². The molecular weight excluding hydrogens is 235 g/mol. The fourth-order valence-electron chi connectivity index (χ4n) is 0.925. The maximum absolute atomic E-state index is 12.6. The van der Waals surface area contributed by atoms with Crippen molar-refractivity contribution in [2.45, 2.75) is 6.42 Å². The third-order valence-corrected chi connectivity index (χ3v) is 2.35. The number of benzene rings is 1. The highest BCUT2D eigenvalue weighted by Gasteiger charge is 2.04. The smallest absolute Gasteiger partial charge is 0.159 e. The van der Waals surface area contributed by atoms with Gasteiger partial charge in [0.1, 0.15) is 5.82 Å². The number of ketones is 1. The van der Waals surface area contributed by atoms with Crippen molar-refractivity contribution in [1.82, 2.24) is 0 Å². The van der Waals surface area contributed by atoms with Gasteiger partial charge in [0.05, 0.1) is 0 Å². The third-order valence-electron chi connectivity index (χ3n) is 1.61. The Morgan fingerprint density at radius 1 is 1.62 bits per heavy atom. The first-order valence-corrected chi connectivity index (χ1v) is 4.52. The molecule has 0 N–H and O–H groups in total. The van der Waals surface area contributed by atoms with Crippen molar-refractivity contribution in [3.05, 3.63) is 46.7 Å². The van der Waals surface area contributed by atoms with E-state index in [1.165, 1.54) is 18.2 Å². The lowest BCUT2D eigenvalue weighted by Crippen LogP contribution is -1.98. The molecule has 0 aliphatic heterocycles. The van der Waals surface area contributed by atoms with Crippen molar-refractivity contribution in [2.75, 3.05) is 0 Å². The van der Waals surface area contributed by atoms with Gasteiger partial charge >= 0.3 is 0 Å². The van der Waals surface area contributed by atoms with E-state index < -0.39 is 0 Å². The molecule has 0 aromatic heterocycles. The first-order valence-electron chi connectivity index (χ1n) is 3.72. The van der Waals surface area contributed by atoms with Crippen LogP contribution in [0.3, 0.4) is 0 Å². The van der Waals surface area contributed by atoms with Crippen LogP contribution in [0, 0.1) is 5.82 Å². The topological polar surface area (TPSA) is 17.1 Å². The molecule has 3 heteroatoms. The zero-order valence-electron chi connectivity index (χ0n) is 6.89. The summed E-state index contributed by atoms with van der Waals surface area (Å²) in [5.74, 6) is -0.394. The minimum atomic E-state index is -0.318. The number of halogens is 2. The summed E-state index contributed by atoms with van der Waals surface area (Å²) in [5.41, 5.74) is 0.770. The van der Waals surface area contributed by atoms with Crippen LogP contribution in [0.5, 0.6) is 0 Å². The summed E-state index contributed by atoms with van der Waals surface area (Å²) in [5, 5.41) is 0. The van der Waals surface area contributed by atoms with Crippen LogP contribution in [0.15, 0.2) is 35.3 Å². The number of carbonyl (C=O) groups is 1. The summed E-state index contributed by atoms with van der Waals surface area (Å²) in [6, 6.07) is 4.25. The van der Waals surface area contributed by atoms with Crippen molar-refractivity contribution in [3.63, 3.8) is 0 Å². The van der Waals surface area contributed by atoms with E-state index in [4.69, 9.17) is 0 Å². The maximum atomic E-state index is 12.6. The van der Waals surface area contributed by atoms with Gasteiger partial charge in [-0.05, 0) is 23.8 Å². The van der Waals surface area contributed by atoms with E-state index in [-0.39, 0.29) is 18.0 Å². The van der Waals surface area contributed by atoms with Crippen molar-refractivity contribution in [3.8, 4) is 0 Å². The lowest BCUT2D eigenvalue weighted by Gasteiger charge is -2.01. The van der Waals surface area contributed by atoms with E-state index in [1.807, 2.05) is 0 Å². The largest absolute Gasteiger partial charge is 0.295 e. The van der Waals surface area contributed by atoms with Crippen LogP contribution in [0.2, 0.25) is 0 Å². The normalized spacial score (nSPS) is 9.69. The molecule has 0 bridgehead atoms. The van der Waals surface area contributed by atoms with Crippen molar-refractivity contribution in [1.29, 1.82) is 0 Å². The van der Waals surface area contributed by atoms with E-state index in [0.29, 0.717) is 4.47 Å². The summed E-state index contributed by atoms with van der Waals surface area (Å²) >= 11 is 3.18. The number of carbonyl (C=O) groups excluding carboxylic acids is 1. The van der Waals surface area contributed by atoms with Gasteiger partial charge < -0.3 is 0 Å². The molecule has 0 saturated carbocycles. The zero-order chi connectivity index (χ0) is 9.84. The lowest BCUT2D eigenvalue weighted by atomic mass is 10.1. The first kappa shape index (κ1) is 10.1. The Morgan fingerprint density at radius 3 is 2.85 bits per heavy atom. The number of allylic oxidation sites excluding steroid dienone is 1. The lowest BCUT2D eigenvalue weighted by molar-refractivity contribution is -0.114. The maximum Gasteiger partial charge on any atom is 0.159 e. The van der Waals surface area contributed by atoms with Crippen molar-refractivity contribution < 1.29 is 9.18 Å². The standard InChI is InChI=1S/C10H8BrFO/c1-2-9(13)5-7-3-4-8(12)6-10(7)11/h2-4,6H,1,5H2. The van der Waals surface area contributed by atoms with Gasteiger partial charge in [-0.2, -0.15) is 0 Å². The van der Waals surface area contributed by atoms with Crippen molar-refractivity contribution >= 4 is 21.7 Å². The minimum Gasteiger partial charge on any atom is -0.295 e. The summed E-state index contributed by atoms with van der Waals surface area (Å²) in [4.78, 5) is 11.0. The van der Waals surface area contributed by atoms with Gasteiger partial charge in [0.15, 0.2) is 5.78 Å². The molecule has 0 aliphatic rings. The van der Waals surface area contributed by atoms with E-state index in [2.05, 4.69) is 22.5 Å². The molecular formula is C10H8BrFO. The molecule has 0 spiro atoms. The molecule has 0 radical (unpaired) electrons. The summed E-state index contributed by atoms with van der Waals surface area (Å²) in [6.07, 6.45) is 1.51. The quantitative estimate of drug-likeness (QED) is 0.746. The Morgan fingerprint density at radius 2 is 2.31 bits per heavy atom.